The zero-order valence-corrected chi connectivity index (χ0v) is 21.6. The van der Waals surface area contributed by atoms with Gasteiger partial charge >= 0.3 is 0 Å². The van der Waals surface area contributed by atoms with Crippen LogP contribution in [0.5, 0.6) is 0 Å². The van der Waals surface area contributed by atoms with E-state index in [4.69, 9.17) is 21.9 Å². The number of hydrogen-bond donors (Lipinski definition) is 1. The first kappa shape index (κ1) is 23.5. The highest BCUT2D eigenvalue weighted by Crippen LogP contribution is 2.44. The molecule has 0 saturated carbocycles. The summed E-state index contributed by atoms with van der Waals surface area (Å²) in [5.41, 5.74) is 3.14. The van der Waals surface area contributed by atoms with Gasteiger partial charge in [-0.15, -0.1) is 0 Å². The lowest BCUT2D eigenvalue weighted by Crippen LogP contribution is -2.61. The van der Waals surface area contributed by atoms with Crippen LogP contribution in [0.15, 0.2) is 64.4 Å². The van der Waals surface area contributed by atoms with Gasteiger partial charge in [0.15, 0.2) is 0 Å². The van der Waals surface area contributed by atoms with Gasteiger partial charge in [0.1, 0.15) is 17.1 Å². The van der Waals surface area contributed by atoms with E-state index in [2.05, 4.69) is 32.2 Å². The van der Waals surface area contributed by atoms with E-state index in [9.17, 15) is 4.79 Å². The number of aliphatic imine (C=N–C) groups is 1. The number of ether oxygens (including phenoxy) is 1. The minimum atomic E-state index is -0.624. The third kappa shape index (κ3) is 3.81. The number of thiocarbonyl (C=S) groups is 1. The molecule has 5 rings (SSSR count). The van der Waals surface area contributed by atoms with E-state index in [1.165, 1.54) is 0 Å². The second-order valence-corrected chi connectivity index (χ2v) is 10.4. The molecule has 2 aromatic carbocycles. The first-order valence-electron chi connectivity index (χ1n) is 11.9. The van der Waals surface area contributed by atoms with E-state index in [0.717, 1.165) is 28.5 Å². The lowest BCUT2D eigenvalue weighted by atomic mass is 9.79. The Morgan fingerprint density at radius 2 is 1.74 bits per heavy atom. The van der Waals surface area contributed by atoms with Crippen LogP contribution in [0.4, 0.5) is 11.4 Å². The van der Waals surface area contributed by atoms with Crippen molar-refractivity contribution in [3.05, 3.63) is 76.2 Å². The van der Waals surface area contributed by atoms with Crippen LogP contribution in [0.2, 0.25) is 0 Å². The Morgan fingerprint density at radius 3 is 2.43 bits per heavy atom. The number of para-hydroxylation sites is 2. The second kappa shape index (κ2) is 8.46. The second-order valence-electron chi connectivity index (χ2n) is 9.99. The van der Waals surface area contributed by atoms with Gasteiger partial charge in [-0.25, -0.2) is 9.67 Å². The monoisotopic (exact) mass is 489 g/mol. The molecule has 3 heterocycles. The van der Waals surface area contributed by atoms with Gasteiger partial charge in [-0.1, -0.05) is 36.4 Å². The summed E-state index contributed by atoms with van der Waals surface area (Å²) in [7, 11) is 1.90. The van der Waals surface area contributed by atoms with E-state index in [-0.39, 0.29) is 5.56 Å². The summed E-state index contributed by atoms with van der Waals surface area (Å²) in [6, 6.07) is 17.8. The maximum absolute atomic E-state index is 14.0. The third-order valence-electron chi connectivity index (χ3n) is 7.14. The van der Waals surface area contributed by atoms with Crippen molar-refractivity contribution in [1.82, 2.24) is 9.36 Å². The van der Waals surface area contributed by atoms with Gasteiger partial charge in [0.2, 0.25) is 5.11 Å². The summed E-state index contributed by atoms with van der Waals surface area (Å²) >= 11 is 5.87. The third-order valence-corrected chi connectivity index (χ3v) is 7.41. The van der Waals surface area contributed by atoms with Crippen molar-refractivity contribution in [2.24, 2.45) is 12.0 Å². The first-order valence-corrected chi connectivity index (χ1v) is 12.3. The van der Waals surface area contributed by atoms with Crippen LogP contribution in [-0.4, -0.2) is 38.1 Å². The van der Waals surface area contributed by atoms with Gasteiger partial charge in [-0.05, 0) is 63.7 Å². The molecule has 7 nitrogen and oxygen atoms in total. The average Bonchev–Trinajstić information content (AvgIpc) is 3.18. The average molecular weight is 490 g/mol. The van der Waals surface area contributed by atoms with Crippen LogP contribution in [0.25, 0.3) is 5.69 Å². The number of hydrogen-bond acceptors (Lipinski definition) is 4. The smallest absolute Gasteiger partial charge is 0.295 e. The molecule has 1 atom stereocenters. The van der Waals surface area contributed by atoms with E-state index in [1.807, 2.05) is 72.1 Å². The maximum atomic E-state index is 14.0. The lowest BCUT2D eigenvalue weighted by Gasteiger charge is -2.47. The zero-order chi connectivity index (χ0) is 25.0. The van der Waals surface area contributed by atoms with Gasteiger partial charge < -0.3 is 10.1 Å². The summed E-state index contributed by atoms with van der Waals surface area (Å²) in [6.45, 7) is 8.73. The Morgan fingerprint density at radius 1 is 1.06 bits per heavy atom. The Bertz CT molecular complexity index is 1390. The molecule has 1 fully saturated rings. The predicted molar refractivity (Wildman–Crippen MR) is 145 cm³/mol. The Labute approximate surface area is 211 Å². The quantitative estimate of drug-likeness (QED) is 0.539. The number of nitrogens with zero attached hydrogens (tertiary/aromatic N) is 4. The van der Waals surface area contributed by atoms with Crippen LogP contribution < -0.4 is 15.8 Å². The molecule has 0 unspecified atom stereocenters. The minimum absolute atomic E-state index is 0.116. The molecule has 8 heteroatoms. The summed E-state index contributed by atoms with van der Waals surface area (Å²) in [6.07, 6.45) is 1.30. The van der Waals surface area contributed by atoms with E-state index >= 15 is 0 Å². The molecule has 0 aliphatic carbocycles. The van der Waals surface area contributed by atoms with Crippen LogP contribution in [0, 0.1) is 13.8 Å². The predicted octanol–water partition coefficient (Wildman–Crippen LogP) is 4.74. The van der Waals surface area contributed by atoms with Crippen molar-refractivity contribution in [3.8, 4) is 5.69 Å². The lowest BCUT2D eigenvalue weighted by molar-refractivity contribution is -0.0662. The molecule has 1 N–H and O–H groups in total. The number of anilines is 2. The highest BCUT2D eigenvalue weighted by atomic mass is 32.1. The zero-order valence-electron chi connectivity index (χ0n) is 20.8. The molecule has 1 saturated heterocycles. The van der Waals surface area contributed by atoms with Gasteiger partial charge in [-0.3, -0.25) is 14.4 Å². The van der Waals surface area contributed by atoms with E-state index in [1.54, 1.807) is 4.68 Å². The van der Waals surface area contributed by atoms with Crippen LogP contribution in [0.3, 0.4) is 0 Å². The number of amidine groups is 1. The van der Waals surface area contributed by atoms with Crippen LogP contribution in [0.1, 0.15) is 37.9 Å². The standard InChI is InChI=1S/C27H31N5O2S/c1-18-11-9-10-14-21(18)28-24-27(15-16-34-26(3,4)17-27)31(25(35)29-24)22-19(2)30(5)32(23(22)33)20-12-7-6-8-13-20/h6-14H,15-17H2,1-5H3,(H,28,29,35)/t27-/m0/s1. The van der Waals surface area contributed by atoms with Gasteiger partial charge in [0.25, 0.3) is 5.56 Å². The van der Waals surface area contributed by atoms with Crippen molar-refractivity contribution < 1.29 is 4.74 Å². The molecule has 35 heavy (non-hydrogen) atoms. The van der Waals surface area contributed by atoms with E-state index < -0.39 is 11.1 Å². The summed E-state index contributed by atoms with van der Waals surface area (Å²) < 4.78 is 9.69. The molecular formula is C27H31N5O2S. The van der Waals surface area contributed by atoms with Gasteiger partial charge in [0, 0.05) is 32.2 Å². The molecule has 1 spiro atoms. The van der Waals surface area contributed by atoms with Crippen molar-refractivity contribution in [2.45, 2.75) is 51.7 Å². The fourth-order valence-electron chi connectivity index (χ4n) is 5.38. The van der Waals surface area contributed by atoms with Crippen molar-refractivity contribution in [2.75, 3.05) is 16.8 Å². The van der Waals surface area contributed by atoms with Crippen molar-refractivity contribution in [1.29, 1.82) is 0 Å². The fourth-order valence-corrected chi connectivity index (χ4v) is 5.74. The minimum Gasteiger partial charge on any atom is -0.375 e. The molecule has 1 aromatic heterocycles. The first-order chi connectivity index (χ1) is 16.6. The Kier molecular flexibility index (Phi) is 5.68. The van der Waals surface area contributed by atoms with E-state index in [0.29, 0.717) is 30.2 Å². The highest BCUT2D eigenvalue weighted by Gasteiger charge is 2.55. The summed E-state index contributed by atoms with van der Waals surface area (Å²) in [4.78, 5) is 20.8. The summed E-state index contributed by atoms with van der Waals surface area (Å²) in [5, 5.41) is 3.97. The van der Waals surface area contributed by atoms with Crippen molar-refractivity contribution in [3.63, 3.8) is 0 Å². The topological polar surface area (TPSA) is 63.8 Å². The number of nitrogens with one attached hydrogen (secondary N) is 1. The van der Waals surface area contributed by atoms with Crippen LogP contribution in [-0.2, 0) is 11.8 Å². The molecule has 2 aliphatic rings. The largest absolute Gasteiger partial charge is 0.375 e. The number of rotatable bonds is 3. The van der Waals surface area contributed by atoms with Crippen LogP contribution >= 0.6 is 12.2 Å². The Hall–Kier alpha value is -3.23. The molecule has 3 aromatic rings. The molecule has 0 amide bonds. The molecule has 2 aliphatic heterocycles. The highest BCUT2D eigenvalue weighted by molar-refractivity contribution is 7.80. The molecule has 0 radical (unpaired) electrons. The number of benzene rings is 2. The Balaban J connectivity index is 1.68. The van der Waals surface area contributed by atoms with Gasteiger partial charge in [-0.2, -0.15) is 0 Å². The normalized spacial score (nSPS) is 21.5. The number of aryl methyl sites for hydroxylation is 1. The fraction of sp³-hybridized carbons (Fsp3) is 0.370. The number of aromatic nitrogens is 2. The maximum Gasteiger partial charge on any atom is 0.295 e. The summed E-state index contributed by atoms with van der Waals surface area (Å²) in [5.74, 6) is 0.766. The SMILES string of the molecule is Cc1ccccc1NC1=NC(=S)N(c2c(C)n(C)n(-c3ccccc3)c2=O)[C@]12CCOC(C)(C)C2. The van der Waals surface area contributed by atoms with Gasteiger partial charge in [0.05, 0.1) is 17.0 Å². The molecule has 0 bridgehead atoms. The molecular weight excluding hydrogens is 458 g/mol. The molecule has 182 valence electrons. The van der Waals surface area contributed by atoms with Crippen molar-refractivity contribution >= 4 is 34.5 Å².